The van der Waals surface area contributed by atoms with Crippen molar-refractivity contribution in [1.29, 1.82) is 0 Å². The first-order valence-electron chi connectivity index (χ1n) is 2.82. The van der Waals surface area contributed by atoms with Gasteiger partial charge in [0.25, 0.3) is 6.43 Å². The molecule has 0 amide bonds. The summed E-state index contributed by atoms with van der Waals surface area (Å²) in [5.41, 5.74) is -0.319. The van der Waals surface area contributed by atoms with Gasteiger partial charge in [-0.1, -0.05) is 11.6 Å². The van der Waals surface area contributed by atoms with E-state index in [1.807, 2.05) is 22.6 Å². The smallest absolute Gasteiger partial charge is 0.233 e. The normalized spacial score (nSPS) is 10.8. The van der Waals surface area contributed by atoms with E-state index in [0.717, 1.165) is 0 Å². The van der Waals surface area contributed by atoms with Crippen LogP contribution in [0.3, 0.4) is 0 Å². The number of halogens is 5. The lowest BCUT2D eigenvalue weighted by Crippen LogP contribution is -1.94. The van der Waals surface area contributed by atoms with E-state index in [2.05, 4.69) is 20.9 Å². The van der Waals surface area contributed by atoms with Crippen molar-refractivity contribution in [3.63, 3.8) is 0 Å². The molecule has 0 N–H and O–H groups in total. The lowest BCUT2D eigenvalue weighted by atomic mass is 10.4. The number of hydrogen-bond donors (Lipinski definition) is 0. The third-order valence-electron chi connectivity index (χ3n) is 1.12. The summed E-state index contributed by atoms with van der Waals surface area (Å²) in [5.74, 6) is 0. The second kappa shape index (κ2) is 4.15. The predicted octanol–water partition coefficient (Wildman–Crippen LogP) is 4.04. The summed E-state index contributed by atoms with van der Waals surface area (Å²) >= 11 is 10.5. The molecule has 1 nitrogen and oxygen atoms in total. The van der Waals surface area contributed by atoms with Crippen molar-refractivity contribution in [2.24, 2.45) is 0 Å². The van der Waals surface area contributed by atoms with Gasteiger partial charge in [0.1, 0.15) is 10.8 Å². The molecule has 0 aliphatic carbocycles. The van der Waals surface area contributed by atoms with Crippen LogP contribution in [0.15, 0.2) is 10.5 Å². The maximum atomic E-state index is 12.2. The highest BCUT2D eigenvalue weighted by atomic mass is 127. The largest absolute Gasteiger partial charge is 0.281 e. The van der Waals surface area contributed by atoms with Crippen molar-refractivity contribution >= 4 is 50.1 Å². The molecule has 0 radical (unpaired) electrons. The summed E-state index contributed by atoms with van der Waals surface area (Å²) in [6.45, 7) is 0. The molecule has 0 aliphatic rings. The van der Waals surface area contributed by atoms with Gasteiger partial charge in [-0.2, -0.15) is 0 Å². The molecule has 1 heterocycles. The standard InChI is InChI=1S/C6H2BrClF2IN/c7-2-1-3(11)5(8)12-4(2)6(9)10/h1,6H. The van der Waals surface area contributed by atoms with Gasteiger partial charge < -0.3 is 0 Å². The molecule has 0 spiro atoms. The maximum Gasteiger partial charge on any atom is 0.281 e. The fraction of sp³-hybridized carbons (Fsp3) is 0.167. The van der Waals surface area contributed by atoms with Gasteiger partial charge in [-0.05, 0) is 44.6 Å². The Balaban J connectivity index is 3.23. The first kappa shape index (κ1) is 10.6. The number of rotatable bonds is 1. The van der Waals surface area contributed by atoms with Crippen molar-refractivity contribution < 1.29 is 8.78 Å². The van der Waals surface area contributed by atoms with Crippen LogP contribution in [-0.4, -0.2) is 4.98 Å². The first-order valence-corrected chi connectivity index (χ1v) is 5.07. The van der Waals surface area contributed by atoms with Gasteiger partial charge in [-0.15, -0.1) is 0 Å². The van der Waals surface area contributed by atoms with E-state index >= 15 is 0 Å². The van der Waals surface area contributed by atoms with Crippen molar-refractivity contribution in [2.75, 3.05) is 0 Å². The fourth-order valence-electron chi connectivity index (χ4n) is 0.610. The van der Waals surface area contributed by atoms with E-state index in [1.54, 1.807) is 0 Å². The van der Waals surface area contributed by atoms with Crippen LogP contribution in [0.5, 0.6) is 0 Å². The van der Waals surface area contributed by atoms with Crippen LogP contribution in [0, 0.1) is 3.57 Å². The molecular weight excluding hydrogens is 366 g/mol. The monoisotopic (exact) mass is 367 g/mol. The molecule has 0 aromatic carbocycles. The van der Waals surface area contributed by atoms with Gasteiger partial charge in [0.2, 0.25) is 0 Å². The number of pyridine rings is 1. The minimum atomic E-state index is -2.60. The molecule has 0 aliphatic heterocycles. The molecule has 0 fully saturated rings. The van der Waals surface area contributed by atoms with Gasteiger partial charge >= 0.3 is 0 Å². The SMILES string of the molecule is FC(F)c1nc(Cl)c(I)cc1Br. The first-order chi connectivity index (χ1) is 5.52. The van der Waals surface area contributed by atoms with E-state index < -0.39 is 6.43 Å². The van der Waals surface area contributed by atoms with Crippen LogP contribution >= 0.6 is 50.1 Å². The van der Waals surface area contributed by atoms with Crippen LogP contribution in [0.2, 0.25) is 5.15 Å². The van der Waals surface area contributed by atoms with Crippen molar-refractivity contribution in [3.05, 3.63) is 25.0 Å². The molecule has 0 bridgehead atoms. The lowest BCUT2D eigenvalue weighted by Gasteiger charge is -2.03. The lowest BCUT2D eigenvalue weighted by molar-refractivity contribution is 0.145. The Kier molecular flexibility index (Phi) is 3.66. The van der Waals surface area contributed by atoms with Crippen LogP contribution in [0.25, 0.3) is 0 Å². The van der Waals surface area contributed by atoms with Crippen molar-refractivity contribution in [1.82, 2.24) is 4.98 Å². The number of hydrogen-bond acceptors (Lipinski definition) is 1. The quantitative estimate of drug-likeness (QED) is 0.539. The summed E-state index contributed by atoms with van der Waals surface area (Å²) in [6, 6.07) is 1.51. The van der Waals surface area contributed by atoms with Gasteiger partial charge in [0, 0.05) is 4.47 Å². The van der Waals surface area contributed by atoms with E-state index in [1.165, 1.54) is 6.07 Å². The molecule has 1 aromatic heterocycles. The summed E-state index contributed by atoms with van der Waals surface area (Å²) in [5, 5.41) is 0.106. The average Bonchev–Trinajstić information content (AvgIpc) is 1.96. The number of aromatic nitrogens is 1. The molecule has 0 saturated heterocycles. The molecule has 66 valence electrons. The van der Waals surface area contributed by atoms with E-state index in [9.17, 15) is 8.78 Å². The molecule has 0 unspecified atom stereocenters. The van der Waals surface area contributed by atoms with Gasteiger partial charge in [0.15, 0.2) is 0 Å². The van der Waals surface area contributed by atoms with Gasteiger partial charge in [0.05, 0.1) is 3.57 Å². The molecule has 0 saturated carbocycles. The Labute approximate surface area is 94.8 Å². The third kappa shape index (κ3) is 2.26. The van der Waals surface area contributed by atoms with Crippen LogP contribution in [0.1, 0.15) is 12.1 Å². The third-order valence-corrected chi connectivity index (χ3v) is 3.18. The summed E-state index contributed by atoms with van der Waals surface area (Å²) < 4.78 is 25.3. The minimum absolute atomic E-state index is 0.106. The second-order valence-electron chi connectivity index (χ2n) is 1.93. The molecule has 6 heteroatoms. The zero-order valence-corrected chi connectivity index (χ0v) is 9.99. The highest BCUT2D eigenvalue weighted by Gasteiger charge is 2.15. The van der Waals surface area contributed by atoms with Crippen LogP contribution < -0.4 is 0 Å². The van der Waals surface area contributed by atoms with E-state index in [-0.39, 0.29) is 15.3 Å². The second-order valence-corrected chi connectivity index (χ2v) is 4.30. The Morgan fingerprint density at radius 2 is 2.17 bits per heavy atom. The fourth-order valence-corrected chi connectivity index (χ4v) is 2.11. The molecule has 1 rings (SSSR count). The van der Waals surface area contributed by atoms with E-state index in [0.29, 0.717) is 3.57 Å². The maximum absolute atomic E-state index is 12.2. The minimum Gasteiger partial charge on any atom is -0.233 e. The van der Waals surface area contributed by atoms with Crippen molar-refractivity contribution in [2.45, 2.75) is 6.43 Å². The zero-order valence-electron chi connectivity index (χ0n) is 5.49. The average molecular weight is 368 g/mol. The highest BCUT2D eigenvalue weighted by Crippen LogP contribution is 2.29. The number of alkyl halides is 2. The van der Waals surface area contributed by atoms with Gasteiger partial charge in [-0.25, -0.2) is 13.8 Å². The van der Waals surface area contributed by atoms with Crippen LogP contribution in [-0.2, 0) is 0 Å². The van der Waals surface area contributed by atoms with E-state index in [4.69, 9.17) is 11.6 Å². The molecule has 0 atom stereocenters. The summed E-state index contributed by atoms with van der Waals surface area (Å²) in [4.78, 5) is 3.53. The summed E-state index contributed by atoms with van der Waals surface area (Å²) in [6.07, 6.45) is -2.60. The zero-order chi connectivity index (χ0) is 9.30. The predicted molar refractivity (Wildman–Crippen MR) is 54.6 cm³/mol. The topological polar surface area (TPSA) is 12.9 Å². The Hall–Kier alpha value is 0.510. The van der Waals surface area contributed by atoms with Crippen molar-refractivity contribution in [3.8, 4) is 0 Å². The van der Waals surface area contributed by atoms with Crippen LogP contribution in [0.4, 0.5) is 8.78 Å². The Morgan fingerprint density at radius 1 is 1.58 bits per heavy atom. The molecule has 1 aromatic rings. The van der Waals surface area contributed by atoms with Gasteiger partial charge in [-0.3, -0.25) is 0 Å². The molecular formula is C6H2BrClF2IN. The number of nitrogens with zero attached hydrogens (tertiary/aromatic N) is 1. The summed E-state index contributed by atoms with van der Waals surface area (Å²) in [7, 11) is 0. The Morgan fingerprint density at radius 3 is 2.67 bits per heavy atom. The highest BCUT2D eigenvalue weighted by molar-refractivity contribution is 14.1. The molecule has 12 heavy (non-hydrogen) atoms. The Bertz CT molecular complexity index is 308.